The van der Waals surface area contributed by atoms with E-state index in [1.165, 1.54) is 37.7 Å². The Balaban J connectivity index is 2.10. The van der Waals surface area contributed by atoms with Crippen molar-refractivity contribution >= 4 is 0 Å². The summed E-state index contributed by atoms with van der Waals surface area (Å²) in [6.07, 6.45) is 7.96. The van der Waals surface area contributed by atoms with E-state index >= 15 is 0 Å². The summed E-state index contributed by atoms with van der Waals surface area (Å²) < 4.78 is 6.28. The zero-order chi connectivity index (χ0) is 13.5. The maximum atomic E-state index is 6.28. The monoisotopic (exact) mass is 261 g/mol. The number of benzene rings is 1. The Kier molecular flexibility index (Phi) is 5.71. The Morgan fingerprint density at radius 1 is 1.16 bits per heavy atom. The Hall–Kier alpha value is -1.02. The van der Waals surface area contributed by atoms with Gasteiger partial charge in [0.25, 0.3) is 0 Å². The van der Waals surface area contributed by atoms with Crippen LogP contribution in [0.15, 0.2) is 24.3 Å². The van der Waals surface area contributed by atoms with Crippen LogP contribution in [0.5, 0.6) is 5.75 Å². The van der Waals surface area contributed by atoms with E-state index in [1.807, 2.05) is 0 Å². The summed E-state index contributed by atoms with van der Waals surface area (Å²) >= 11 is 0. The van der Waals surface area contributed by atoms with E-state index in [0.29, 0.717) is 12.1 Å². The number of para-hydroxylation sites is 1. The lowest BCUT2D eigenvalue weighted by Gasteiger charge is -2.26. The molecule has 1 atom stereocenters. The number of nitrogens with one attached hydrogen (secondary N) is 1. The van der Waals surface area contributed by atoms with Crippen LogP contribution in [-0.2, 0) is 0 Å². The van der Waals surface area contributed by atoms with Crippen LogP contribution in [0.25, 0.3) is 0 Å². The van der Waals surface area contributed by atoms with Crippen molar-refractivity contribution in [3.63, 3.8) is 0 Å². The Morgan fingerprint density at radius 2 is 1.89 bits per heavy atom. The van der Waals surface area contributed by atoms with Gasteiger partial charge in [0.1, 0.15) is 5.75 Å². The van der Waals surface area contributed by atoms with Crippen molar-refractivity contribution in [3.8, 4) is 5.75 Å². The van der Waals surface area contributed by atoms with Crippen LogP contribution >= 0.6 is 0 Å². The molecule has 0 spiro atoms. The standard InChI is InChI=1S/C17H27NO/c1-3-16(18-4-2)15-12-8-9-13-17(15)19-14-10-6-5-7-11-14/h8-9,12-14,16,18H,3-7,10-11H2,1-2H3. The Labute approximate surface area is 117 Å². The molecule has 1 aliphatic rings. The van der Waals surface area contributed by atoms with Gasteiger partial charge in [-0.1, -0.05) is 38.5 Å². The summed E-state index contributed by atoms with van der Waals surface area (Å²) in [5, 5.41) is 3.55. The molecule has 0 bridgehead atoms. The van der Waals surface area contributed by atoms with Crippen molar-refractivity contribution in [2.45, 2.75) is 64.5 Å². The number of rotatable bonds is 6. The zero-order valence-corrected chi connectivity index (χ0v) is 12.3. The van der Waals surface area contributed by atoms with Crippen molar-refractivity contribution < 1.29 is 4.74 Å². The number of ether oxygens (including phenoxy) is 1. The first kappa shape index (κ1) is 14.4. The molecule has 2 nitrogen and oxygen atoms in total. The Bertz CT molecular complexity index is 371. The van der Waals surface area contributed by atoms with Gasteiger partial charge in [-0.2, -0.15) is 0 Å². The van der Waals surface area contributed by atoms with Crippen LogP contribution in [0.3, 0.4) is 0 Å². The minimum absolute atomic E-state index is 0.407. The molecule has 0 aliphatic heterocycles. The van der Waals surface area contributed by atoms with E-state index in [4.69, 9.17) is 4.74 Å². The molecule has 1 fully saturated rings. The summed E-state index contributed by atoms with van der Waals surface area (Å²) in [5.74, 6) is 1.09. The van der Waals surface area contributed by atoms with Gasteiger partial charge in [-0.25, -0.2) is 0 Å². The smallest absolute Gasteiger partial charge is 0.124 e. The van der Waals surface area contributed by atoms with E-state index in [1.54, 1.807) is 0 Å². The van der Waals surface area contributed by atoms with Crippen molar-refractivity contribution in [2.75, 3.05) is 6.54 Å². The first-order chi connectivity index (χ1) is 9.35. The minimum Gasteiger partial charge on any atom is -0.490 e. The molecule has 2 rings (SSSR count). The van der Waals surface area contributed by atoms with Crippen molar-refractivity contribution in [3.05, 3.63) is 29.8 Å². The lowest BCUT2D eigenvalue weighted by molar-refractivity contribution is 0.152. The molecular formula is C17H27NO. The summed E-state index contributed by atoms with van der Waals surface area (Å²) in [5.41, 5.74) is 1.32. The average molecular weight is 261 g/mol. The highest BCUT2D eigenvalue weighted by Crippen LogP contribution is 2.30. The summed E-state index contributed by atoms with van der Waals surface area (Å²) in [7, 11) is 0. The first-order valence-electron chi connectivity index (χ1n) is 7.84. The minimum atomic E-state index is 0.407. The van der Waals surface area contributed by atoms with Gasteiger partial charge in [0, 0.05) is 11.6 Å². The van der Waals surface area contributed by atoms with Gasteiger partial charge in [-0.3, -0.25) is 0 Å². The Morgan fingerprint density at radius 3 is 2.58 bits per heavy atom. The van der Waals surface area contributed by atoms with E-state index in [-0.39, 0.29) is 0 Å². The van der Waals surface area contributed by atoms with Gasteiger partial charge in [0.2, 0.25) is 0 Å². The van der Waals surface area contributed by atoms with E-state index < -0.39 is 0 Å². The SMILES string of the molecule is CCNC(CC)c1ccccc1OC1CCCCC1. The van der Waals surface area contributed by atoms with Gasteiger partial charge >= 0.3 is 0 Å². The zero-order valence-electron chi connectivity index (χ0n) is 12.3. The number of hydrogen-bond donors (Lipinski definition) is 1. The second-order valence-electron chi connectivity index (χ2n) is 5.43. The van der Waals surface area contributed by atoms with Gasteiger partial charge in [0.15, 0.2) is 0 Å². The molecule has 1 saturated carbocycles. The lowest BCUT2D eigenvalue weighted by atomic mass is 9.97. The molecule has 1 N–H and O–H groups in total. The lowest BCUT2D eigenvalue weighted by Crippen LogP contribution is -2.24. The van der Waals surface area contributed by atoms with E-state index in [9.17, 15) is 0 Å². The molecule has 0 heterocycles. The van der Waals surface area contributed by atoms with Gasteiger partial charge in [-0.05, 0) is 44.7 Å². The normalized spacial score (nSPS) is 18.2. The van der Waals surface area contributed by atoms with Gasteiger partial charge in [-0.15, -0.1) is 0 Å². The third kappa shape index (κ3) is 3.97. The molecule has 19 heavy (non-hydrogen) atoms. The molecule has 106 valence electrons. The third-order valence-electron chi connectivity index (χ3n) is 4.00. The molecule has 0 amide bonds. The fourth-order valence-corrected chi connectivity index (χ4v) is 2.96. The van der Waals surface area contributed by atoms with E-state index in [2.05, 4.69) is 43.4 Å². The fraction of sp³-hybridized carbons (Fsp3) is 0.647. The predicted molar refractivity (Wildman–Crippen MR) is 80.7 cm³/mol. The van der Waals surface area contributed by atoms with Crippen LogP contribution in [-0.4, -0.2) is 12.6 Å². The van der Waals surface area contributed by atoms with E-state index in [0.717, 1.165) is 18.7 Å². The summed E-state index contributed by atoms with van der Waals surface area (Å²) in [4.78, 5) is 0. The molecule has 1 aromatic rings. The molecule has 1 aromatic carbocycles. The highest BCUT2D eigenvalue weighted by molar-refractivity contribution is 5.36. The third-order valence-corrected chi connectivity index (χ3v) is 4.00. The van der Waals surface area contributed by atoms with Crippen molar-refractivity contribution in [1.29, 1.82) is 0 Å². The average Bonchev–Trinajstić information content (AvgIpc) is 2.47. The van der Waals surface area contributed by atoms with Gasteiger partial charge < -0.3 is 10.1 Å². The molecule has 0 aromatic heterocycles. The maximum absolute atomic E-state index is 6.28. The molecule has 2 heteroatoms. The largest absolute Gasteiger partial charge is 0.490 e. The van der Waals surface area contributed by atoms with Crippen LogP contribution in [0.4, 0.5) is 0 Å². The van der Waals surface area contributed by atoms with Gasteiger partial charge in [0.05, 0.1) is 6.10 Å². The molecular weight excluding hydrogens is 234 g/mol. The number of hydrogen-bond acceptors (Lipinski definition) is 2. The predicted octanol–water partition coefficient (Wildman–Crippen LogP) is 4.46. The highest BCUT2D eigenvalue weighted by Gasteiger charge is 2.18. The topological polar surface area (TPSA) is 21.3 Å². The van der Waals surface area contributed by atoms with Crippen molar-refractivity contribution in [2.24, 2.45) is 0 Å². The van der Waals surface area contributed by atoms with Crippen LogP contribution in [0, 0.1) is 0 Å². The highest BCUT2D eigenvalue weighted by atomic mass is 16.5. The molecule has 0 radical (unpaired) electrons. The summed E-state index contributed by atoms with van der Waals surface area (Å²) in [6, 6.07) is 8.94. The van der Waals surface area contributed by atoms with Crippen LogP contribution in [0.2, 0.25) is 0 Å². The van der Waals surface area contributed by atoms with Crippen LogP contribution < -0.4 is 10.1 Å². The quantitative estimate of drug-likeness (QED) is 0.816. The molecule has 0 saturated heterocycles. The second kappa shape index (κ2) is 7.54. The second-order valence-corrected chi connectivity index (χ2v) is 5.43. The van der Waals surface area contributed by atoms with Crippen LogP contribution in [0.1, 0.15) is 64.0 Å². The fourth-order valence-electron chi connectivity index (χ4n) is 2.96. The first-order valence-corrected chi connectivity index (χ1v) is 7.84. The molecule has 1 aliphatic carbocycles. The molecule has 1 unspecified atom stereocenters. The summed E-state index contributed by atoms with van der Waals surface area (Å²) in [6.45, 7) is 5.38. The van der Waals surface area contributed by atoms with Crippen molar-refractivity contribution in [1.82, 2.24) is 5.32 Å². The maximum Gasteiger partial charge on any atom is 0.124 e.